The van der Waals surface area contributed by atoms with Crippen LogP contribution in [0.5, 0.6) is 5.75 Å². The summed E-state index contributed by atoms with van der Waals surface area (Å²) in [6, 6.07) is 7.48. The molecule has 0 saturated carbocycles. The molecule has 2 heterocycles. The monoisotopic (exact) mass is 259 g/mol. The lowest BCUT2D eigenvalue weighted by atomic mass is 10.0. The molecule has 0 aliphatic carbocycles. The Hall–Kier alpha value is -1.97. The minimum atomic E-state index is -0.131. The zero-order valence-electron chi connectivity index (χ0n) is 10.9. The molecule has 0 amide bonds. The van der Waals surface area contributed by atoms with Crippen molar-refractivity contribution < 1.29 is 14.6 Å². The van der Waals surface area contributed by atoms with Gasteiger partial charge in [-0.05, 0) is 37.6 Å². The molecule has 2 aromatic rings. The summed E-state index contributed by atoms with van der Waals surface area (Å²) >= 11 is 0. The molecule has 1 N–H and O–H groups in total. The van der Waals surface area contributed by atoms with Crippen molar-refractivity contribution in [2.24, 2.45) is 0 Å². The van der Waals surface area contributed by atoms with E-state index in [1.54, 1.807) is 12.1 Å². The van der Waals surface area contributed by atoms with E-state index in [0.29, 0.717) is 13.0 Å². The highest BCUT2D eigenvalue weighted by molar-refractivity contribution is 5.83. The largest absolute Gasteiger partial charge is 0.508 e. The van der Waals surface area contributed by atoms with Gasteiger partial charge in [0.05, 0.1) is 13.0 Å². The second-order valence-electron chi connectivity index (χ2n) is 4.96. The van der Waals surface area contributed by atoms with Crippen LogP contribution in [0.25, 0.3) is 10.9 Å². The number of esters is 1. The Balaban J connectivity index is 1.91. The molecule has 1 atom stereocenters. The lowest BCUT2D eigenvalue weighted by molar-refractivity contribution is -0.143. The molecule has 19 heavy (non-hydrogen) atoms. The summed E-state index contributed by atoms with van der Waals surface area (Å²) in [7, 11) is 0. The fraction of sp³-hybridized carbons (Fsp3) is 0.400. The third-order valence-electron chi connectivity index (χ3n) is 3.75. The lowest BCUT2D eigenvalue weighted by Gasteiger charge is -2.07. The van der Waals surface area contributed by atoms with Crippen LogP contribution >= 0.6 is 0 Å². The number of aromatic nitrogens is 1. The Morgan fingerprint density at radius 1 is 1.47 bits per heavy atom. The molecule has 0 bridgehead atoms. The molecule has 4 nitrogen and oxygen atoms in total. The van der Waals surface area contributed by atoms with Crippen LogP contribution in [0.4, 0.5) is 0 Å². The highest BCUT2D eigenvalue weighted by Gasteiger charge is 2.27. The average Bonchev–Trinajstić information content (AvgIpc) is 2.89. The Kier molecular flexibility index (Phi) is 2.93. The molecule has 1 aromatic heterocycles. The molecular weight excluding hydrogens is 242 g/mol. The third kappa shape index (κ3) is 2.07. The predicted octanol–water partition coefficient (Wildman–Crippen LogP) is 2.79. The van der Waals surface area contributed by atoms with Gasteiger partial charge in [-0.2, -0.15) is 0 Å². The molecule has 0 spiro atoms. The van der Waals surface area contributed by atoms with Gasteiger partial charge in [-0.15, -0.1) is 0 Å². The van der Waals surface area contributed by atoms with Crippen molar-refractivity contribution in [1.82, 2.24) is 4.57 Å². The van der Waals surface area contributed by atoms with Crippen molar-refractivity contribution in [2.75, 3.05) is 6.61 Å². The first-order valence-corrected chi connectivity index (χ1v) is 6.67. The van der Waals surface area contributed by atoms with Gasteiger partial charge < -0.3 is 14.4 Å². The molecule has 0 radical (unpaired) electrons. The summed E-state index contributed by atoms with van der Waals surface area (Å²) in [6.45, 7) is 3.18. The molecule has 0 fully saturated rings. The normalized spacial score (nSPS) is 17.6. The number of carbonyl (C=O) groups excluding carboxylic acids is 1. The van der Waals surface area contributed by atoms with E-state index in [1.165, 1.54) is 5.69 Å². The lowest BCUT2D eigenvalue weighted by Crippen LogP contribution is -2.08. The van der Waals surface area contributed by atoms with E-state index in [0.717, 1.165) is 23.9 Å². The van der Waals surface area contributed by atoms with Crippen LogP contribution in [-0.2, 0) is 16.1 Å². The van der Waals surface area contributed by atoms with Crippen LogP contribution in [0.3, 0.4) is 0 Å². The number of phenolic OH excluding ortho intramolecular Hbond substituents is 1. The number of aromatic hydroxyl groups is 1. The van der Waals surface area contributed by atoms with Crippen molar-refractivity contribution in [3.63, 3.8) is 0 Å². The molecule has 1 aliphatic rings. The molecule has 0 saturated heterocycles. The third-order valence-corrected chi connectivity index (χ3v) is 3.75. The van der Waals surface area contributed by atoms with Crippen molar-refractivity contribution in [3.8, 4) is 5.75 Å². The number of rotatable bonds is 3. The van der Waals surface area contributed by atoms with Crippen molar-refractivity contribution in [2.45, 2.75) is 32.2 Å². The summed E-state index contributed by atoms with van der Waals surface area (Å²) in [6.07, 6.45) is 1.42. The minimum absolute atomic E-state index is 0.131. The number of ether oxygens (including phenoxy) is 1. The quantitative estimate of drug-likeness (QED) is 0.862. The van der Waals surface area contributed by atoms with Gasteiger partial charge in [-0.25, -0.2) is 0 Å². The van der Waals surface area contributed by atoms with Gasteiger partial charge in [0.1, 0.15) is 5.75 Å². The summed E-state index contributed by atoms with van der Waals surface area (Å²) < 4.78 is 7.26. The minimum Gasteiger partial charge on any atom is -0.508 e. The summed E-state index contributed by atoms with van der Waals surface area (Å²) in [5.74, 6) is 0.376. The molecule has 100 valence electrons. The first-order valence-electron chi connectivity index (χ1n) is 6.67. The molecule has 1 aromatic carbocycles. The zero-order valence-corrected chi connectivity index (χ0v) is 10.9. The number of carbonyl (C=O) groups is 1. The van der Waals surface area contributed by atoms with Crippen LogP contribution < -0.4 is 0 Å². The van der Waals surface area contributed by atoms with Crippen LogP contribution in [0, 0.1) is 0 Å². The fourth-order valence-corrected chi connectivity index (χ4v) is 2.93. The van der Waals surface area contributed by atoms with E-state index in [1.807, 2.05) is 13.0 Å². The highest BCUT2D eigenvalue weighted by Crippen LogP contribution is 2.37. The maximum absolute atomic E-state index is 11.6. The number of hydrogen-bond acceptors (Lipinski definition) is 3. The topological polar surface area (TPSA) is 51.5 Å². The maximum Gasteiger partial charge on any atom is 0.306 e. The van der Waals surface area contributed by atoms with Gasteiger partial charge in [0.2, 0.25) is 0 Å². The molecule has 1 aliphatic heterocycles. The van der Waals surface area contributed by atoms with Crippen molar-refractivity contribution >= 4 is 16.9 Å². The standard InChI is InChI=1S/C15H17NO3/c1-2-19-15(18)9-10-5-6-16-13-4-3-12(17)7-11(13)8-14(10)16/h3-4,7-8,10,17H,2,5-6,9H2,1H3/t10-/m1/s1. The zero-order chi connectivity index (χ0) is 13.4. The van der Waals surface area contributed by atoms with Crippen molar-refractivity contribution in [1.29, 1.82) is 0 Å². The molecule has 4 heteroatoms. The Morgan fingerprint density at radius 3 is 3.11 bits per heavy atom. The van der Waals surface area contributed by atoms with Gasteiger partial charge in [0.15, 0.2) is 0 Å². The van der Waals surface area contributed by atoms with Gasteiger partial charge >= 0.3 is 5.97 Å². The van der Waals surface area contributed by atoms with Crippen LogP contribution in [-0.4, -0.2) is 22.2 Å². The van der Waals surface area contributed by atoms with Gasteiger partial charge in [-0.3, -0.25) is 4.79 Å². The molecule has 3 rings (SSSR count). The van der Waals surface area contributed by atoms with E-state index >= 15 is 0 Å². The summed E-state index contributed by atoms with van der Waals surface area (Å²) in [4.78, 5) is 11.6. The summed E-state index contributed by atoms with van der Waals surface area (Å²) in [5, 5.41) is 10.6. The van der Waals surface area contributed by atoms with Crippen LogP contribution in [0.2, 0.25) is 0 Å². The number of phenols is 1. The van der Waals surface area contributed by atoms with Gasteiger partial charge in [0, 0.05) is 29.1 Å². The van der Waals surface area contributed by atoms with Crippen LogP contribution in [0.1, 0.15) is 31.4 Å². The Labute approximate surface area is 111 Å². The predicted molar refractivity (Wildman–Crippen MR) is 72.2 cm³/mol. The van der Waals surface area contributed by atoms with Gasteiger partial charge in [-0.1, -0.05) is 0 Å². The number of aryl methyl sites for hydroxylation is 1. The maximum atomic E-state index is 11.6. The van der Waals surface area contributed by atoms with E-state index < -0.39 is 0 Å². The summed E-state index contributed by atoms with van der Waals surface area (Å²) in [5.41, 5.74) is 2.30. The highest BCUT2D eigenvalue weighted by atomic mass is 16.5. The first-order chi connectivity index (χ1) is 9.19. The van der Waals surface area contributed by atoms with Crippen LogP contribution in [0.15, 0.2) is 24.3 Å². The smallest absolute Gasteiger partial charge is 0.306 e. The van der Waals surface area contributed by atoms with Gasteiger partial charge in [0.25, 0.3) is 0 Å². The Morgan fingerprint density at radius 2 is 2.32 bits per heavy atom. The SMILES string of the molecule is CCOC(=O)C[C@H]1CCn2c1cc1cc(O)ccc12. The Bertz CT molecular complexity index is 630. The molecular formula is C15H17NO3. The van der Waals surface area contributed by atoms with Crippen molar-refractivity contribution in [3.05, 3.63) is 30.0 Å². The second-order valence-corrected chi connectivity index (χ2v) is 4.96. The van der Waals surface area contributed by atoms with E-state index in [-0.39, 0.29) is 17.6 Å². The number of fused-ring (bicyclic) bond motifs is 3. The number of benzene rings is 1. The van der Waals surface area contributed by atoms with E-state index in [9.17, 15) is 9.90 Å². The number of hydrogen-bond donors (Lipinski definition) is 1. The fourth-order valence-electron chi connectivity index (χ4n) is 2.93. The number of nitrogens with zero attached hydrogens (tertiary/aromatic N) is 1. The molecule has 0 unspecified atom stereocenters. The average molecular weight is 259 g/mol. The van der Waals surface area contributed by atoms with E-state index in [2.05, 4.69) is 10.6 Å². The second kappa shape index (κ2) is 4.61. The first kappa shape index (κ1) is 12.1. The van der Waals surface area contributed by atoms with E-state index in [4.69, 9.17) is 4.74 Å².